The predicted molar refractivity (Wildman–Crippen MR) is 73.3 cm³/mol. The number of piperazine rings is 1. The molecule has 0 aromatic rings. The quantitative estimate of drug-likeness (QED) is 0.713. The third-order valence-corrected chi connectivity index (χ3v) is 4.46. The normalized spacial score (nSPS) is 25.9. The molecule has 0 amide bonds. The Morgan fingerprint density at radius 1 is 1.19 bits per heavy atom. The van der Waals surface area contributed by atoms with E-state index in [4.69, 9.17) is 0 Å². The first-order chi connectivity index (χ1) is 7.83. The molecule has 0 aromatic carbocycles. The van der Waals surface area contributed by atoms with Crippen LogP contribution < -0.4 is 0 Å². The third kappa shape index (κ3) is 3.64. The van der Waals surface area contributed by atoms with Gasteiger partial charge in [0.05, 0.1) is 0 Å². The summed E-state index contributed by atoms with van der Waals surface area (Å²) in [5.41, 5.74) is 0. The minimum Gasteiger partial charge on any atom is -0.300 e. The van der Waals surface area contributed by atoms with Gasteiger partial charge in [-0.1, -0.05) is 13.3 Å². The lowest BCUT2D eigenvalue weighted by Gasteiger charge is -2.36. The monoisotopic (exact) mass is 242 g/mol. The van der Waals surface area contributed by atoms with Gasteiger partial charge in [0, 0.05) is 38.8 Å². The molecule has 0 radical (unpaired) electrons. The highest BCUT2D eigenvalue weighted by atomic mass is 32.1. The van der Waals surface area contributed by atoms with E-state index in [0.717, 1.165) is 17.7 Å². The molecule has 0 bridgehead atoms. The Hall–Kier alpha value is 0.270. The molecule has 1 saturated heterocycles. The van der Waals surface area contributed by atoms with Gasteiger partial charge in [0.25, 0.3) is 0 Å². The largest absolute Gasteiger partial charge is 0.300 e. The van der Waals surface area contributed by atoms with E-state index in [0.29, 0.717) is 0 Å². The summed E-state index contributed by atoms with van der Waals surface area (Å²) in [5.74, 6) is 1.86. The molecule has 1 aliphatic heterocycles. The lowest BCUT2D eigenvalue weighted by atomic mass is 10.1. The van der Waals surface area contributed by atoms with Crippen LogP contribution >= 0.6 is 12.6 Å². The average Bonchev–Trinajstić information content (AvgIpc) is 3.13. The van der Waals surface area contributed by atoms with Crippen LogP contribution in [-0.4, -0.2) is 54.3 Å². The van der Waals surface area contributed by atoms with Gasteiger partial charge in [0.1, 0.15) is 0 Å². The summed E-state index contributed by atoms with van der Waals surface area (Å²) in [6.45, 7) is 8.72. The molecule has 1 unspecified atom stereocenters. The summed E-state index contributed by atoms with van der Waals surface area (Å²) in [6.07, 6.45) is 5.55. The maximum atomic E-state index is 4.47. The van der Waals surface area contributed by atoms with E-state index in [9.17, 15) is 0 Å². The van der Waals surface area contributed by atoms with Crippen LogP contribution in [0.2, 0.25) is 0 Å². The molecular formula is C13H26N2S. The third-order valence-electron chi connectivity index (χ3n) is 3.94. The van der Waals surface area contributed by atoms with E-state index in [1.165, 1.54) is 58.4 Å². The Kier molecular flexibility index (Phi) is 4.98. The molecule has 94 valence electrons. The van der Waals surface area contributed by atoms with E-state index in [1.54, 1.807) is 0 Å². The zero-order chi connectivity index (χ0) is 11.4. The van der Waals surface area contributed by atoms with Crippen molar-refractivity contribution in [3.8, 4) is 0 Å². The van der Waals surface area contributed by atoms with Crippen LogP contribution in [-0.2, 0) is 0 Å². The van der Waals surface area contributed by atoms with Crippen LogP contribution in [0.25, 0.3) is 0 Å². The Morgan fingerprint density at radius 2 is 1.88 bits per heavy atom. The summed E-state index contributed by atoms with van der Waals surface area (Å²) in [5, 5.41) is 0. The van der Waals surface area contributed by atoms with Crippen LogP contribution in [0.1, 0.15) is 32.6 Å². The molecule has 1 aliphatic carbocycles. The summed E-state index contributed by atoms with van der Waals surface area (Å²) in [4.78, 5) is 5.33. The van der Waals surface area contributed by atoms with Crippen molar-refractivity contribution in [3.05, 3.63) is 0 Å². The van der Waals surface area contributed by atoms with Crippen LogP contribution in [0.5, 0.6) is 0 Å². The smallest absolute Gasteiger partial charge is 0.0113 e. The molecule has 2 rings (SSSR count). The fourth-order valence-electron chi connectivity index (χ4n) is 2.76. The van der Waals surface area contributed by atoms with Gasteiger partial charge in [-0.3, -0.25) is 4.90 Å². The molecule has 2 fully saturated rings. The van der Waals surface area contributed by atoms with Crippen molar-refractivity contribution < 1.29 is 0 Å². The fourth-order valence-corrected chi connectivity index (χ4v) is 3.06. The van der Waals surface area contributed by atoms with E-state index in [-0.39, 0.29) is 0 Å². The number of hydrogen-bond donors (Lipinski definition) is 1. The Morgan fingerprint density at radius 3 is 2.38 bits per heavy atom. The van der Waals surface area contributed by atoms with Gasteiger partial charge in [-0.15, -0.1) is 0 Å². The van der Waals surface area contributed by atoms with Gasteiger partial charge >= 0.3 is 0 Å². The fraction of sp³-hybridized carbons (Fsp3) is 1.00. The highest BCUT2D eigenvalue weighted by Gasteiger charge is 2.31. The minimum absolute atomic E-state index is 0.806. The lowest BCUT2D eigenvalue weighted by molar-refractivity contribution is 0.114. The molecule has 2 nitrogen and oxygen atoms in total. The average molecular weight is 242 g/mol. The molecule has 0 N–H and O–H groups in total. The second-order valence-corrected chi connectivity index (χ2v) is 5.77. The molecule has 3 heteroatoms. The standard InChI is InChI=1S/C13H26N2S/c1-2-3-12(11-16)10-14-6-8-15(9-7-14)13-4-5-13/h12-13,16H,2-11H2,1H3. The highest BCUT2D eigenvalue weighted by molar-refractivity contribution is 7.80. The van der Waals surface area contributed by atoms with Gasteiger partial charge in [-0.2, -0.15) is 12.6 Å². The van der Waals surface area contributed by atoms with Crippen molar-refractivity contribution in [2.24, 2.45) is 5.92 Å². The van der Waals surface area contributed by atoms with E-state index in [2.05, 4.69) is 29.4 Å². The minimum atomic E-state index is 0.806. The van der Waals surface area contributed by atoms with Crippen molar-refractivity contribution in [1.29, 1.82) is 0 Å². The Bertz CT molecular complexity index is 198. The van der Waals surface area contributed by atoms with Gasteiger partial charge in [-0.25, -0.2) is 0 Å². The Labute approximate surface area is 106 Å². The topological polar surface area (TPSA) is 6.48 Å². The van der Waals surface area contributed by atoms with Crippen molar-refractivity contribution in [2.75, 3.05) is 38.5 Å². The van der Waals surface area contributed by atoms with Gasteiger partial charge < -0.3 is 4.90 Å². The van der Waals surface area contributed by atoms with Crippen molar-refractivity contribution in [1.82, 2.24) is 9.80 Å². The predicted octanol–water partition coefficient (Wildman–Crippen LogP) is 2.11. The van der Waals surface area contributed by atoms with Crippen molar-refractivity contribution in [3.63, 3.8) is 0 Å². The molecule has 1 saturated carbocycles. The lowest BCUT2D eigenvalue weighted by Crippen LogP contribution is -2.48. The number of hydrogen-bond acceptors (Lipinski definition) is 3. The molecular weight excluding hydrogens is 216 g/mol. The van der Waals surface area contributed by atoms with Crippen LogP contribution in [0.3, 0.4) is 0 Å². The number of nitrogens with zero attached hydrogens (tertiary/aromatic N) is 2. The van der Waals surface area contributed by atoms with Gasteiger partial charge in [-0.05, 0) is 30.9 Å². The summed E-state index contributed by atoms with van der Waals surface area (Å²) in [7, 11) is 0. The second kappa shape index (κ2) is 6.27. The second-order valence-electron chi connectivity index (χ2n) is 5.41. The number of rotatable bonds is 6. The summed E-state index contributed by atoms with van der Waals surface area (Å²) in [6, 6.07) is 0.957. The van der Waals surface area contributed by atoms with Gasteiger partial charge in [0.2, 0.25) is 0 Å². The zero-order valence-electron chi connectivity index (χ0n) is 10.6. The van der Waals surface area contributed by atoms with Crippen molar-refractivity contribution >= 4 is 12.6 Å². The first-order valence-electron chi connectivity index (χ1n) is 6.90. The molecule has 1 atom stereocenters. The van der Waals surface area contributed by atoms with Crippen LogP contribution in [0.15, 0.2) is 0 Å². The first kappa shape index (κ1) is 12.7. The first-order valence-corrected chi connectivity index (χ1v) is 7.54. The molecule has 0 aromatic heterocycles. The van der Waals surface area contributed by atoms with Crippen LogP contribution in [0.4, 0.5) is 0 Å². The van der Waals surface area contributed by atoms with E-state index < -0.39 is 0 Å². The summed E-state index contributed by atoms with van der Waals surface area (Å²) >= 11 is 4.47. The molecule has 16 heavy (non-hydrogen) atoms. The maximum absolute atomic E-state index is 4.47. The number of thiol groups is 1. The van der Waals surface area contributed by atoms with Crippen molar-refractivity contribution in [2.45, 2.75) is 38.6 Å². The SMILES string of the molecule is CCCC(CS)CN1CCN(C2CC2)CC1. The van der Waals surface area contributed by atoms with Crippen LogP contribution in [0, 0.1) is 5.92 Å². The van der Waals surface area contributed by atoms with Gasteiger partial charge in [0.15, 0.2) is 0 Å². The highest BCUT2D eigenvalue weighted by Crippen LogP contribution is 2.27. The van der Waals surface area contributed by atoms with E-state index >= 15 is 0 Å². The maximum Gasteiger partial charge on any atom is 0.0113 e. The summed E-state index contributed by atoms with van der Waals surface area (Å²) < 4.78 is 0. The molecule has 2 aliphatic rings. The van der Waals surface area contributed by atoms with E-state index in [1.807, 2.05) is 0 Å². The Balaban J connectivity index is 1.67. The molecule has 1 heterocycles. The zero-order valence-corrected chi connectivity index (χ0v) is 11.5. The molecule has 0 spiro atoms.